The highest BCUT2D eigenvalue weighted by molar-refractivity contribution is 9.09. The van der Waals surface area contributed by atoms with Crippen molar-refractivity contribution in [1.82, 2.24) is 0 Å². The van der Waals surface area contributed by atoms with Crippen molar-refractivity contribution in [3.63, 3.8) is 0 Å². The monoisotopic (exact) mass is 320 g/mol. The second-order valence-electron chi connectivity index (χ2n) is 4.10. The number of rotatable bonds is 3. The quantitative estimate of drug-likeness (QED) is 0.870. The molecule has 5 heteroatoms. The van der Waals surface area contributed by atoms with Crippen molar-refractivity contribution in [3.05, 3.63) is 34.9 Å². The Labute approximate surface area is 114 Å². The minimum Gasteiger partial charge on any atom is -0.391 e. The van der Waals surface area contributed by atoms with Crippen LogP contribution >= 0.6 is 27.5 Å². The number of aliphatic hydroxyl groups excluding tert-OH is 1. The second-order valence-corrected chi connectivity index (χ2v) is 5.10. The highest BCUT2D eigenvalue weighted by Gasteiger charge is 2.43. The molecule has 1 heterocycles. The Balaban J connectivity index is 2.24. The SMILES string of the molecule is CC(O)C1COC(CBr)(c2ccc(Cl)cc2)O1. The first kappa shape index (κ1) is 13.3. The van der Waals surface area contributed by atoms with E-state index < -0.39 is 11.9 Å². The normalized spacial score (nSPS) is 30.5. The van der Waals surface area contributed by atoms with Gasteiger partial charge in [-0.05, 0) is 19.1 Å². The lowest BCUT2D eigenvalue weighted by atomic mass is 10.1. The topological polar surface area (TPSA) is 38.7 Å². The van der Waals surface area contributed by atoms with Gasteiger partial charge in [0.05, 0.1) is 18.0 Å². The van der Waals surface area contributed by atoms with Crippen molar-refractivity contribution in [2.45, 2.75) is 24.9 Å². The Kier molecular flexibility index (Phi) is 4.10. The lowest BCUT2D eigenvalue weighted by Gasteiger charge is -2.26. The first-order valence-electron chi connectivity index (χ1n) is 5.39. The molecular formula is C12H14BrClO3. The number of alkyl halides is 1. The van der Waals surface area contributed by atoms with Crippen molar-refractivity contribution < 1.29 is 14.6 Å². The Morgan fingerprint density at radius 1 is 1.53 bits per heavy atom. The van der Waals surface area contributed by atoms with E-state index >= 15 is 0 Å². The largest absolute Gasteiger partial charge is 0.391 e. The van der Waals surface area contributed by atoms with Crippen LogP contribution < -0.4 is 0 Å². The van der Waals surface area contributed by atoms with Gasteiger partial charge >= 0.3 is 0 Å². The smallest absolute Gasteiger partial charge is 0.205 e. The van der Waals surface area contributed by atoms with Gasteiger partial charge in [-0.2, -0.15) is 0 Å². The van der Waals surface area contributed by atoms with Gasteiger partial charge in [-0.15, -0.1) is 0 Å². The van der Waals surface area contributed by atoms with Crippen LogP contribution in [0.1, 0.15) is 12.5 Å². The van der Waals surface area contributed by atoms with Crippen molar-refractivity contribution in [1.29, 1.82) is 0 Å². The number of aliphatic hydroxyl groups is 1. The van der Waals surface area contributed by atoms with Gasteiger partial charge < -0.3 is 14.6 Å². The number of hydrogen-bond acceptors (Lipinski definition) is 3. The average molecular weight is 322 g/mol. The summed E-state index contributed by atoms with van der Waals surface area (Å²) >= 11 is 9.25. The summed E-state index contributed by atoms with van der Waals surface area (Å²) in [5.41, 5.74) is 0.891. The molecule has 1 aromatic rings. The van der Waals surface area contributed by atoms with Crippen LogP contribution in [-0.4, -0.2) is 29.3 Å². The lowest BCUT2D eigenvalue weighted by molar-refractivity contribution is -0.166. The fraction of sp³-hybridized carbons (Fsp3) is 0.500. The third kappa shape index (κ3) is 2.66. The van der Waals surface area contributed by atoms with Gasteiger partial charge in [0.2, 0.25) is 5.79 Å². The van der Waals surface area contributed by atoms with E-state index in [0.717, 1.165) is 5.56 Å². The highest BCUT2D eigenvalue weighted by atomic mass is 79.9. The predicted octanol–water partition coefficient (Wildman–Crippen LogP) is 2.68. The maximum Gasteiger partial charge on any atom is 0.205 e. The summed E-state index contributed by atoms with van der Waals surface area (Å²) in [5.74, 6) is -0.827. The number of hydrogen-bond donors (Lipinski definition) is 1. The van der Waals surface area contributed by atoms with Gasteiger partial charge in [0, 0.05) is 10.6 Å². The van der Waals surface area contributed by atoms with Crippen LogP contribution in [-0.2, 0) is 15.3 Å². The Hall–Kier alpha value is -0.130. The van der Waals surface area contributed by atoms with Crippen molar-refractivity contribution in [3.8, 4) is 0 Å². The van der Waals surface area contributed by atoms with Crippen LogP contribution in [0.3, 0.4) is 0 Å². The summed E-state index contributed by atoms with van der Waals surface area (Å²) < 4.78 is 11.5. The lowest BCUT2D eigenvalue weighted by Crippen LogP contribution is -2.32. The van der Waals surface area contributed by atoms with Crippen LogP contribution in [0.4, 0.5) is 0 Å². The van der Waals surface area contributed by atoms with Gasteiger partial charge in [0.15, 0.2) is 0 Å². The van der Waals surface area contributed by atoms with E-state index in [1.807, 2.05) is 12.1 Å². The molecule has 3 unspecified atom stereocenters. The summed E-state index contributed by atoms with van der Waals surface area (Å²) in [6, 6.07) is 7.33. The van der Waals surface area contributed by atoms with Gasteiger partial charge in [0.1, 0.15) is 6.10 Å². The predicted molar refractivity (Wildman–Crippen MR) is 69.4 cm³/mol. The third-order valence-corrected chi connectivity index (χ3v) is 3.81. The molecular weight excluding hydrogens is 307 g/mol. The molecule has 0 aliphatic carbocycles. The molecule has 0 spiro atoms. The van der Waals surface area contributed by atoms with Crippen LogP contribution in [0.5, 0.6) is 0 Å². The first-order chi connectivity index (χ1) is 8.07. The van der Waals surface area contributed by atoms with E-state index in [2.05, 4.69) is 15.9 Å². The zero-order chi connectivity index (χ0) is 12.5. The minimum atomic E-state index is -0.827. The number of ether oxygens (including phenoxy) is 2. The van der Waals surface area contributed by atoms with Crippen LogP contribution in [0.25, 0.3) is 0 Å². The van der Waals surface area contributed by atoms with Crippen molar-refractivity contribution >= 4 is 27.5 Å². The van der Waals surface area contributed by atoms with E-state index in [9.17, 15) is 5.11 Å². The number of halogens is 2. The Morgan fingerprint density at radius 3 is 2.65 bits per heavy atom. The van der Waals surface area contributed by atoms with Crippen LogP contribution in [0.2, 0.25) is 5.02 Å². The Morgan fingerprint density at radius 2 is 2.18 bits per heavy atom. The molecule has 0 aromatic heterocycles. The molecule has 1 aromatic carbocycles. The molecule has 1 aliphatic rings. The molecule has 1 N–H and O–H groups in total. The standard InChI is InChI=1S/C12H14BrClO3/c1-8(15)11-6-16-12(7-13,17-11)9-2-4-10(14)5-3-9/h2-5,8,11,15H,6-7H2,1H3. The zero-order valence-electron chi connectivity index (χ0n) is 9.40. The molecule has 1 fully saturated rings. The molecule has 0 saturated carbocycles. The maximum atomic E-state index is 9.53. The first-order valence-corrected chi connectivity index (χ1v) is 6.89. The summed E-state index contributed by atoms with van der Waals surface area (Å²) in [5, 5.41) is 10.7. The molecule has 1 aliphatic heterocycles. The van der Waals surface area contributed by atoms with E-state index in [1.54, 1.807) is 19.1 Å². The second kappa shape index (κ2) is 5.24. The van der Waals surface area contributed by atoms with Crippen molar-refractivity contribution in [2.75, 3.05) is 11.9 Å². The molecule has 0 radical (unpaired) electrons. The van der Waals surface area contributed by atoms with E-state index in [0.29, 0.717) is 17.0 Å². The van der Waals surface area contributed by atoms with Gasteiger partial charge in [0.25, 0.3) is 0 Å². The van der Waals surface area contributed by atoms with Gasteiger partial charge in [-0.25, -0.2) is 0 Å². The number of benzene rings is 1. The fourth-order valence-electron chi connectivity index (χ4n) is 1.77. The maximum absolute atomic E-state index is 9.53. The molecule has 0 bridgehead atoms. The Bertz CT molecular complexity index is 382. The molecule has 0 amide bonds. The zero-order valence-corrected chi connectivity index (χ0v) is 11.7. The van der Waals surface area contributed by atoms with Gasteiger partial charge in [-0.3, -0.25) is 0 Å². The fourth-order valence-corrected chi connectivity index (χ4v) is 2.51. The van der Waals surface area contributed by atoms with Crippen molar-refractivity contribution in [2.24, 2.45) is 0 Å². The molecule has 3 nitrogen and oxygen atoms in total. The van der Waals surface area contributed by atoms with Crippen LogP contribution in [0, 0.1) is 0 Å². The van der Waals surface area contributed by atoms with E-state index in [-0.39, 0.29) is 6.10 Å². The van der Waals surface area contributed by atoms with Gasteiger partial charge in [-0.1, -0.05) is 39.7 Å². The van der Waals surface area contributed by atoms with Crippen LogP contribution in [0.15, 0.2) is 24.3 Å². The minimum absolute atomic E-state index is 0.303. The third-order valence-electron chi connectivity index (χ3n) is 2.82. The average Bonchev–Trinajstić information content (AvgIpc) is 2.76. The molecule has 17 heavy (non-hydrogen) atoms. The summed E-state index contributed by atoms with van der Waals surface area (Å²) in [6.07, 6.45) is -0.855. The highest BCUT2D eigenvalue weighted by Crippen LogP contribution is 2.37. The summed E-state index contributed by atoms with van der Waals surface area (Å²) in [6.45, 7) is 2.08. The molecule has 2 rings (SSSR count). The van der Waals surface area contributed by atoms with E-state index in [4.69, 9.17) is 21.1 Å². The molecule has 94 valence electrons. The summed E-state index contributed by atoms with van der Waals surface area (Å²) in [4.78, 5) is 0. The molecule has 3 atom stereocenters. The summed E-state index contributed by atoms with van der Waals surface area (Å²) in [7, 11) is 0. The van der Waals surface area contributed by atoms with E-state index in [1.165, 1.54) is 0 Å². The molecule has 1 saturated heterocycles.